The molecular weight excluding hydrogens is 324 g/mol. The highest BCUT2D eigenvalue weighted by Crippen LogP contribution is 2.30. The van der Waals surface area contributed by atoms with Crippen LogP contribution in [-0.2, 0) is 0 Å². The molecule has 3 rings (SSSR count). The molecule has 94 valence electrons. The van der Waals surface area contributed by atoms with Crippen molar-refractivity contribution < 1.29 is 4.79 Å². The molecule has 0 saturated heterocycles. The van der Waals surface area contributed by atoms with Crippen molar-refractivity contribution in [2.24, 2.45) is 0 Å². The van der Waals surface area contributed by atoms with Crippen LogP contribution in [0.1, 0.15) is 10.4 Å². The Morgan fingerprint density at radius 1 is 1.00 bits per heavy atom. The number of ketones is 1. The second-order valence-electron chi connectivity index (χ2n) is 4.40. The summed E-state index contributed by atoms with van der Waals surface area (Å²) in [5.74, 6) is 0.0806. The average Bonchev–Trinajstić information content (AvgIpc) is 2.44. The second kappa shape index (κ2) is 4.95. The van der Waals surface area contributed by atoms with E-state index in [-0.39, 0.29) is 5.78 Å². The molecular formula is C16H10BrClO. The zero-order chi connectivity index (χ0) is 13.4. The highest BCUT2D eigenvalue weighted by molar-refractivity contribution is 9.09. The third kappa shape index (κ3) is 2.15. The summed E-state index contributed by atoms with van der Waals surface area (Å²) in [6, 6.07) is 15.7. The van der Waals surface area contributed by atoms with Gasteiger partial charge in [0, 0.05) is 16.0 Å². The van der Waals surface area contributed by atoms with Crippen molar-refractivity contribution in [3.05, 3.63) is 59.1 Å². The first-order valence-electron chi connectivity index (χ1n) is 5.91. The summed E-state index contributed by atoms with van der Waals surface area (Å²) in [4.78, 5) is 12.0. The summed E-state index contributed by atoms with van der Waals surface area (Å²) in [6.07, 6.45) is 0. The van der Waals surface area contributed by atoms with E-state index in [9.17, 15) is 4.79 Å². The van der Waals surface area contributed by atoms with E-state index in [1.54, 1.807) is 0 Å². The molecule has 0 unspecified atom stereocenters. The predicted molar refractivity (Wildman–Crippen MR) is 84.6 cm³/mol. The van der Waals surface area contributed by atoms with Crippen molar-refractivity contribution in [3.63, 3.8) is 0 Å². The van der Waals surface area contributed by atoms with E-state index in [1.165, 1.54) is 0 Å². The lowest BCUT2D eigenvalue weighted by Gasteiger charge is -2.07. The SMILES string of the molecule is O=C(CBr)c1cccc2cc3cccc(Cl)c3cc12. The topological polar surface area (TPSA) is 17.1 Å². The van der Waals surface area contributed by atoms with Crippen molar-refractivity contribution in [3.8, 4) is 0 Å². The standard InChI is InChI=1S/C16H10BrClO/c17-9-16(19)12-5-1-3-10-7-11-4-2-6-15(18)14(11)8-13(10)12/h1-8H,9H2. The first-order chi connectivity index (χ1) is 9.20. The average molecular weight is 334 g/mol. The molecule has 0 aliphatic rings. The molecule has 0 fully saturated rings. The lowest BCUT2D eigenvalue weighted by Crippen LogP contribution is -2.00. The molecule has 0 radical (unpaired) electrons. The van der Waals surface area contributed by atoms with Gasteiger partial charge in [0.1, 0.15) is 0 Å². The fourth-order valence-electron chi connectivity index (χ4n) is 2.33. The highest BCUT2D eigenvalue weighted by atomic mass is 79.9. The van der Waals surface area contributed by atoms with Gasteiger partial charge in [-0.25, -0.2) is 0 Å². The Labute approximate surface area is 124 Å². The minimum Gasteiger partial charge on any atom is -0.293 e. The van der Waals surface area contributed by atoms with Crippen LogP contribution in [0.3, 0.4) is 0 Å². The fraction of sp³-hybridized carbons (Fsp3) is 0.0625. The van der Waals surface area contributed by atoms with Crippen LogP contribution in [0.5, 0.6) is 0 Å². The maximum atomic E-state index is 12.0. The minimum atomic E-state index is 0.0806. The van der Waals surface area contributed by atoms with E-state index >= 15 is 0 Å². The van der Waals surface area contributed by atoms with Gasteiger partial charge in [-0.2, -0.15) is 0 Å². The number of benzene rings is 3. The van der Waals surface area contributed by atoms with Crippen molar-refractivity contribution >= 4 is 54.9 Å². The van der Waals surface area contributed by atoms with E-state index in [1.807, 2.05) is 42.5 Å². The largest absolute Gasteiger partial charge is 0.293 e. The van der Waals surface area contributed by atoms with Gasteiger partial charge in [0.05, 0.1) is 5.33 Å². The number of halogens is 2. The number of carbonyl (C=O) groups is 1. The lowest BCUT2D eigenvalue weighted by atomic mass is 9.98. The van der Waals surface area contributed by atoms with E-state index in [2.05, 4.69) is 22.0 Å². The van der Waals surface area contributed by atoms with Crippen molar-refractivity contribution in [1.29, 1.82) is 0 Å². The van der Waals surface area contributed by atoms with Crippen LogP contribution in [0.2, 0.25) is 5.02 Å². The Balaban J connectivity index is 2.43. The Kier molecular flexibility index (Phi) is 3.29. The zero-order valence-electron chi connectivity index (χ0n) is 9.99. The van der Waals surface area contributed by atoms with E-state index in [4.69, 9.17) is 11.6 Å². The molecule has 3 aromatic carbocycles. The van der Waals surface area contributed by atoms with Crippen LogP contribution in [-0.4, -0.2) is 11.1 Å². The van der Waals surface area contributed by atoms with Gasteiger partial charge in [-0.1, -0.05) is 57.9 Å². The van der Waals surface area contributed by atoms with Crippen LogP contribution >= 0.6 is 27.5 Å². The van der Waals surface area contributed by atoms with Gasteiger partial charge < -0.3 is 0 Å². The zero-order valence-corrected chi connectivity index (χ0v) is 12.3. The van der Waals surface area contributed by atoms with Crippen molar-refractivity contribution in [2.75, 3.05) is 5.33 Å². The summed E-state index contributed by atoms with van der Waals surface area (Å²) < 4.78 is 0. The molecule has 0 amide bonds. The summed E-state index contributed by atoms with van der Waals surface area (Å²) in [6.45, 7) is 0. The number of alkyl halides is 1. The van der Waals surface area contributed by atoms with E-state index in [0.29, 0.717) is 10.4 Å². The van der Waals surface area contributed by atoms with Crippen LogP contribution in [0.4, 0.5) is 0 Å². The third-order valence-corrected chi connectivity index (χ3v) is 4.09. The maximum Gasteiger partial charge on any atom is 0.173 e. The minimum absolute atomic E-state index is 0.0806. The number of Topliss-reactive ketones (excluding diaryl/α,β-unsaturated/α-hetero) is 1. The number of rotatable bonds is 2. The molecule has 1 nitrogen and oxygen atoms in total. The number of hydrogen-bond acceptors (Lipinski definition) is 1. The van der Waals surface area contributed by atoms with E-state index in [0.717, 1.165) is 27.1 Å². The molecule has 0 aliphatic heterocycles. The summed E-state index contributed by atoms with van der Waals surface area (Å²) in [5.41, 5.74) is 0.733. The molecule has 0 aliphatic carbocycles. The molecule has 19 heavy (non-hydrogen) atoms. The van der Waals surface area contributed by atoms with Crippen LogP contribution < -0.4 is 0 Å². The number of hydrogen-bond donors (Lipinski definition) is 0. The van der Waals surface area contributed by atoms with Crippen LogP contribution in [0, 0.1) is 0 Å². The Morgan fingerprint density at radius 3 is 2.42 bits per heavy atom. The van der Waals surface area contributed by atoms with Crippen LogP contribution in [0.25, 0.3) is 21.5 Å². The lowest BCUT2D eigenvalue weighted by molar-refractivity contribution is 0.102. The third-order valence-electron chi connectivity index (χ3n) is 3.25. The van der Waals surface area contributed by atoms with Gasteiger partial charge in [0.2, 0.25) is 0 Å². The van der Waals surface area contributed by atoms with Gasteiger partial charge in [0.25, 0.3) is 0 Å². The monoisotopic (exact) mass is 332 g/mol. The predicted octanol–water partition coefficient (Wildman–Crippen LogP) is 5.22. The molecule has 0 aromatic heterocycles. The smallest absolute Gasteiger partial charge is 0.173 e. The molecule has 0 saturated carbocycles. The van der Waals surface area contributed by atoms with Crippen molar-refractivity contribution in [2.45, 2.75) is 0 Å². The fourth-order valence-corrected chi connectivity index (χ4v) is 2.87. The van der Waals surface area contributed by atoms with Gasteiger partial charge in [-0.05, 0) is 34.4 Å². The normalized spacial score (nSPS) is 11.1. The molecule has 0 bridgehead atoms. The summed E-state index contributed by atoms with van der Waals surface area (Å²) in [7, 11) is 0. The Hall–Kier alpha value is -1.38. The van der Waals surface area contributed by atoms with Crippen molar-refractivity contribution in [1.82, 2.24) is 0 Å². The van der Waals surface area contributed by atoms with Gasteiger partial charge in [-0.15, -0.1) is 0 Å². The van der Waals surface area contributed by atoms with Gasteiger partial charge in [-0.3, -0.25) is 4.79 Å². The number of carbonyl (C=O) groups excluding carboxylic acids is 1. The quantitative estimate of drug-likeness (QED) is 0.357. The van der Waals surface area contributed by atoms with Crippen LogP contribution in [0.15, 0.2) is 48.5 Å². The van der Waals surface area contributed by atoms with E-state index < -0.39 is 0 Å². The maximum absolute atomic E-state index is 12.0. The first kappa shape index (κ1) is 12.6. The first-order valence-corrected chi connectivity index (χ1v) is 7.41. The van der Waals surface area contributed by atoms with Gasteiger partial charge >= 0.3 is 0 Å². The van der Waals surface area contributed by atoms with Gasteiger partial charge in [0.15, 0.2) is 5.78 Å². The molecule has 3 heteroatoms. The molecule has 0 spiro atoms. The Morgan fingerprint density at radius 2 is 1.68 bits per heavy atom. The molecule has 0 N–H and O–H groups in total. The summed E-state index contributed by atoms with van der Waals surface area (Å²) in [5, 5.41) is 5.11. The second-order valence-corrected chi connectivity index (χ2v) is 5.36. The highest BCUT2D eigenvalue weighted by Gasteiger charge is 2.10. The molecule has 3 aromatic rings. The summed E-state index contributed by atoms with van der Waals surface area (Å²) >= 11 is 9.45. The number of fused-ring (bicyclic) bond motifs is 2. The molecule has 0 heterocycles. The Bertz CT molecular complexity index is 795. The molecule has 0 atom stereocenters.